The van der Waals surface area contributed by atoms with Gasteiger partial charge >= 0.3 is 0 Å². The number of aromatic nitrogens is 3. The van der Waals surface area contributed by atoms with Crippen molar-refractivity contribution in [1.29, 1.82) is 5.26 Å². The van der Waals surface area contributed by atoms with Crippen LogP contribution in [0.4, 0.5) is 0 Å². The number of nitrogens with zero attached hydrogens (tertiary/aromatic N) is 4. The van der Waals surface area contributed by atoms with Gasteiger partial charge in [-0.25, -0.2) is 4.98 Å². The van der Waals surface area contributed by atoms with Crippen LogP contribution in [0.25, 0.3) is 0 Å². The molecule has 2 rings (SSSR count). The van der Waals surface area contributed by atoms with E-state index in [-0.39, 0.29) is 5.92 Å². The molecule has 2 heterocycles. The van der Waals surface area contributed by atoms with Crippen LogP contribution in [0.3, 0.4) is 0 Å². The fraction of sp³-hybridized carbons (Fsp3) is 0.467. The van der Waals surface area contributed by atoms with Gasteiger partial charge in [0.15, 0.2) is 5.82 Å². The Kier molecular flexibility index (Phi) is 4.63. The van der Waals surface area contributed by atoms with Gasteiger partial charge in [-0.15, -0.1) is 0 Å². The first kappa shape index (κ1) is 15.5. The number of hydrogen-bond donors (Lipinski definition) is 0. The lowest BCUT2D eigenvalue weighted by Crippen LogP contribution is -1.99. The van der Waals surface area contributed by atoms with Crippen LogP contribution in [0.2, 0.25) is 0 Å². The van der Waals surface area contributed by atoms with Gasteiger partial charge in [0.2, 0.25) is 5.89 Å². The first-order valence-corrected chi connectivity index (χ1v) is 7.75. The van der Waals surface area contributed by atoms with E-state index in [0.717, 1.165) is 21.8 Å². The molecule has 0 spiro atoms. The molecule has 0 N–H and O–H groups in total. The molecule has 2 aromatic rings. The van der Waals surface area contributed by atoms with Crippen molar-refractivity contribution in [2.75, 3.05) is 0 Å². The van der Waals surface area contributed by atoms with E-state index in [1.54, 1.807) is 0 Å². The fourth-order valence-corrected chi connectivity index (χ4v) is 2.76. The van der Waals surface area contributed by atoms with Crippen LogP contribution in [-0.4, -0.2) is 15.1 Å². The number of aryl methyl sites for hydroxylation is 1. The summed E-state index contributed by atoms with van der Waals surface area (Å²) in [4.78, 5) is 8.85. The summed E-state index contributed by atoms with van der Waals surface area (Å²) in [5, 5.41) is 14.0. The minimum Gasteiger partial charge on any atom is -0.338 e. The molecule has 6 heteroatoms. The highest BCUT2D eigenvalue weighted by atomic mass is 32.2. The maximum absolute atomic E-state index is 9.33. The van der Waals surface area contributed by atoms with Crippen LogP contribution in [-0.2, 0) is 5.75 Å². The normalized spacial score (nSPS) is 10.9. The number of pyridine rings is 1. The van der Waals surface area contributed by atoms with Gasteiger partial charge in [-0.1, -0.05) is 30.8 Å². The van der Waals surface area contributed by atoms with Crippen molar-refractivity contribution >= 4 is 11.8 Å². The summed E-state index contributed by atoms with van der Waals surface area (Å²) < 4.78 is 5.21. The van der Waals surface area contributed by atoms with Crippen LogP contribution in [0, 0.1) is 32.1 Å². The summed E-state index contributed by atoms with van der Waals surface area (Å²) >= 11 is 1.46. The van der Waals surface area contributed by atoms with Gasteiger partial charge in [0.1, 0.15) is 11.1 Å². The van der Waals surface area contributed by atoms with Gasteiger partial charge in [-0.3, -0.25) is 0 Å². The third-order valence-corrected chi connectivity index (χ3v) is 4.37. The molecular weight excluding hydrogens is 284 g/mol. The Morgan fingerprint density at radius 2 is 1.90 bits per heavy atom. The molecule has 2 aromatic heterocycles. The second kappa shape index (κ2) is 6.27. The van der Waals surface area contributed by atoms with Crippen molar-refractivity contribution in [2.45, 2.75) is 51.3 Å². The van der Waals surface area contributed by atoms with E-state index in [2.05, 4.69) is 21.2 Å². The SMILES string of the molecule is Cc1nc(SCc2nc(C(C)C)no2)c(C#N)c(C)c1C. The second-order valence-corrected chi connectivity index (χ2v) is 6.19. The van der Waals surface area contributed by atoms with E-state index in [1.165, 1.54) is 11.8 Å². The maximum Gasteiger partial charge on any atom is 0.237 e. The Morgan fingerprint density at radius 3 is 2.48 bits per heavy atom. The lowest BCUT2D eigenvalue weighted by atomic mass is 10.1. The van der Waals surface area contributed by atoms with Crippen molar-refractivity contribution in [1.82, 2.24) is 15.1 Å². The summed E-state index contributed by atoms with van der Waals surface area (Å²) in [7, 11) is 0. The van der Waals surface area contributed by atoms with E-state index in [4.69, 9.17) is 4.52 Å². The average Bonchev–Trinajstić information content (AvgIpc) is 2.92. The Balaban J connectivity index is 2.22. The van der Waals surface area contributed by atoms with Gasteiger partial charge in [0, 0.05) is 11.6 Å². The zero-order chi connectivity index (χ0) is 15.6. The Labute approximate surface area is 128 Å². The van der Waals surface area contributed by atoms with Crippen LogP contribution >= 0.6 is 11.8 Å². The van der Waals surface area contributed by atoms with Gasteiger partial charge in [-0.05, 0) is 31.9 Å². The van der Waals surface area contributed by atoms with E-state index in [0.29, 0.717) is 23.0 Å². The highest BCUT2D eigenvalue weighted by Crippen LogP contribution is 2.28. The smallest absolute Gasteiger partial charge is 0.237 e. The monoisotopic (exact) mass is 302 g/mol. The molecule has 0 saturated heterocycles. The molecule has 0 unspecified atom stereocenters. The van der Waals surface area contributed by atoms with Crippen molar-refractivity contribution in [2.24, 2.45) is 0 Å². The molecule has 0 fully saturated rings. The summed E-state index contributed by atoms with van der Waals surface area (Å²) in [6, 6.07) is 2.24. The molecule has 0 radical (unpaired) electrons. The van der Waals surface area contributed by atoms with Gasteiger partial charge in [0.05, 0.1) is 11.3 Å². The molecule has 21 heavy (non-hydrogen) atoms. The maximum atomic E-state index is 9.33. The molecule has 110 valence electrons. The van der Waals surface area contributed by atoms with Gasteiger partial charge < -0.3 is 4.52 Å². The topological polar surface area (TPSA) is 75.6 Å². The Morgan fingerprint density at radius 1 is 1.19 bits per heavy atom. The summed E-state index contributed by atoms with van der Waals surface area (Å²) in [6.07, 6.45) is 0. The fourth-order valence-electron chi connectivity index (χ4n) is 1.84. The first-order valence-electron chi connectivity index (χ1n) is 6.77. The van der Waals surface area contributed by atoms with Crippen LogP contribution in [0.15, 0.2) is 9.55 Å². The molecule has 0 aliphatic carbocycles. The largest absolute Gasteiger partial charge is 0.338 e. The highest BCUT2D eigenvalue weighted by molar-refractivity contribution is 7.98. The lowest BCUT2D eigenvalue weighted by Gasteiger charge is -2.10. The average molecular weight is 302 g/mol. The Bertz CT molecular complexity index is 700. The highest BCUT2D eigenvalue weighted by Gasteiger charge is 2.15. The van der Waals surface area contributed by atoms with Gasteiger partial charge in [0.25, 0.3) is 0 Å². The van der Waals surface area contributed by atoms with Crippen molar-refractivity contribution in [3.05, 3.63) is 34.1 Å². The number of nitriles is 1. The quantitative estimate of drug-likeness (QED) is 0.802. The third kappa shape index (κ3) is 3.24. The molecule has 5 nitrogen and oxygen atoms in total. The van der Waals surface area contributed by atoms with Crippen LogP contribution in [0.5, 0.6) is 0 Å². The summed E-state index contributed by atoms with van der Waals surface area (Å²) in [5.74, 6) is 2.02. The number of rotatable bonds is 4. The first-order chi connectivity index (χ1) is 9.93. The standard InChI is InChI=1S/C15H18N4OS/c1-8(2)14-18-13(20-19-14)7-21-15-12(6-16)10(4)9(3)11(5)17-15/h8H,7H2,1-5H3. The van der Waals surface area contributed by atoms with Crippen molar-refractivity contribution in [3.8, 4) is 6.07 Å². The number of thioether (sulfide) groups is 1. The summed E-state index contributed by atoms with van der Waals surface area (Å²) in [6.45, 7) is 9.93. The van der Waals surface area contributed by atoms with Crippen molar-refractivity contribution < 1.29 is 4.52 Å². The Hall–Kier alpha value is -1.87. The molecule has 0 saturated carbocycles. The summed E-state index contributed by atoms with van der Waals surface area (Å²) in [5.41, 5.74) is 3.63. The van der Waals surface area contributed by atoms with E-state index in [1.807, 2.05) is 34.6 Å². The minimum atomic E-state index is 0.240. The molecule has 0 aliphatic rings. The zero-order valence-corrected chi connectivity index (χ0v) is 13.7. The van der Waals surface area contributed by atoms with E-state index >= 15 is 0 Å². The van der Waals surface area contributed by atoms with Crippen molar-refractivity contribution in [3.63, 3.8) is 0 Å². The van der Waals surface area contributed by atoms with Crippen LogP contribution < -0.4 is 0 Å². The minimum absolute atomic E-state index is 0.240. The number of hydrogen-bond acceptors (Lipinski definition) is 6. The van der Waals surface area contributed by atoms with Gasteiger partial charge in [-0.2, -0.15) is 10.2 Å². The second-order valence-electron chi connectivity index (χ2n) is 5.23. The van der Waals surface area contributed by atoms with Crippen LogP contribution in [0.1, 0.15) is 53.9 Å². The predicted molar refractivity (Wildman–Crippen MR) is 81.1 cm³/mol. The van der Waals surface area contributed by atoms with E-state index in [9.17, 15) is 5.26 Å². The molecule has 0 atom stereocenters. The molecule has 0 aromatic carbocycles. The van der Waals surface area contributed by atoms with E-state index < -0.39 is 0 Å². The lowest BCUT2D eigenvalue weighted by molar-refractivity contribution is 0.383. The predicted octanol–water partition coefficient (Wildman–Crippen LogP) is 3.68. The molecule has 0 bridgehead atoms. The third-order valence-electron chi connectivity index (χ3n) is 3.41. The molecule has 0 amide bonds. The molecular formula is C15H18N4OS. The molecule has 0 aliphatic heterocycles. The zero-order valence-electron chi connectivity index (χ0n) is 12.9.